The zero-order chi connectivity index (χ0) is 21.0. The van der Waals surface area contributed by atoms with Crippen molar-refractivity contribution in [3.8, 4) is 11.8 Å². The van der Waals surface area contributed by atoms with Crippen LogP contribution in [0.1, 0.15) is 51.3 Å². The van der Waals surface area contributed by atoms with Gasteiger partial charge in [0.05, 0.1) is 12.6 Å². The van der Waals surface area contributed by atoms with Crippen LogP contribution in [0.2, 0.25) is 0 Å². The van der Waals surface area contributed by atoms with Crippen molar-refractivity contribution in [1.82, 2.24) is 5.32 Å². The van der Waals surface area contributed by atoms with E-state index >= 15 is 0 Å². The molecule has 0 saturated carbocycles. The second-order valence-electron chi connectivity index (χ2n) is 7.14. The molecule has 0 aromatic heterocycles. The van der Waals surface area contributed by atoms with Crippen molar-refractivity contribution in [3.63, 3.8) is 0 Å². The zero-order valence-corrected chi connectivity index (χ0v) is 16.9. The Labute approximate surface area is 166 Å². The molecule has 1 aromatic rings. The first kappa shape index (κ1) is 23.5. The first-order chi connectivity index (χ1) is 13.2. The summed E-state index contributed by atoms with van der Waals surface area (Å²) < 4.78 is 15.5. The molecule has 1 rings (SSSR count). The van der Waals surface area contributed by atoms with E-state index < -0.39 is 17.7 Å². The molecule has 1 amide bonds. The molecule has 0 aliphatic rings. The number of carbonyl (C=O) groups is 2. The van der Waals surface area contributed by atoms with E-state index in [1.165, 1.54) is 0 Å². The summed E-state index contributed by atoms with van der Waals surface area (Å²) in [6, 6.07) is 7.41. The highest BCUT2D eigenvalue weighted by atomic mass is 16.6. The fourth-order valence-corrected chi connectivity index (χ4v) is 2.11. The highest BCUT2D eigenvalue weighted by Gasteiger charge is 2.18. The molecule has 0 aliphatic heterocycles. The first-order valence-corrected chi connectivity index (χ1v) is 9.13. The lowest BCUT2D eigenvalue weighted by Gasteiger charge is -2.22. The van der Waals surface area contributed by atoms with E-state index in [1.54, 1.807) is 0 Å². The molecule has 154 valence electrons. The number of nitrogens with one attached hydrogen (secondary N) is 1. The largest absolute Gasteiger partial charge is 0.480 e. The molecular formula is C21H29NO6. The van der Waals surface area contributed by atoms with Crippen LogP contribution in [0.5, 0.6) is 0 Å². The summed E-state index contributed by atoms with van der Waals surface area (Å²) in [5.74, 6) is 4.95. The van der Waals surface area contributed by atoms with Gasteiger partial charge in [-0.3, -0.25) is 0 Å². The van der Waals surface area contributed by atoms with Crippen LogP contribution in [0, 0.1) is 11.8 Å². The first-order valence-electron chi connectivity index (χ1n) is 9.13. The SMILES string of the molecule is C[C@@H](NC(=O)OC(C)(C)C)c1ccc(C#CCOCCCOCC(=O)O)cc1. The molecule has 1 aromatic carbocycles. The van der Waals surface area contributed by atoms with Crippen molar-refractivity contribution in [2.45, 2.75) is 45.8 Å². The van der Waals surface area contributed by atoms with Crippen molar-refractivity contribution in [2.75, 3.05) is 26.4 Å². The van der Waals surface area contributed by atoms with Gasteiger partial charge in [0, 0.05) is 12.2 Å². The average molecular weight is 391 g/mol. The number of alkyl carbamates (subject to hydrolysis) is 1. The number of aliphatic carboxylic acids is 1. The van der Waals surface area contributed by atoms with Gasteiger partial charge < -0.3 is 24.6 Å². The number of ether oxygens (including phenoxy) is 3. The van der Waals surface area contributed by atoms with Gasteiger partial charge >= 0.3 is 12.1 Å². The number of hydrogen-bond donors (Lipinski definition) is 2. The van der Waals surface area contributed by atoms with E-state index in [-0.39, 0.29) is 19.3 Å². The Morgan fingerprint density at radius 2 is 1.79 bits per heavy atom. The van der Waals surface area contributed by atoms with E-state index in [1.807, 2.05) is 52.0 Å². The van der Waals surface area contributed by atoms with Gasteiger partial charge in [-0.25, -0.2) is 9.59 Å². The summed E-state index contributed by atoms with van der Waals surface area (Å²) in [5.41, 5.74) is 1.27. The number of rotatable bonds is 9. The number of hydrogen-bond acceptors (Lipinski definition) is 5. The fourth-order valence-electron chi connectivity index (χ4n) is 2.11. The van der Waals surface area contributed by atoms with Crippen LogP contribution in [-0.4, -0.2) is 49.2 Å². The highest BCUT2D eigenvalue weighted by molar-refractivity contribution is 5.68. The molecule has 0 spiro atoms. The van der Waals surface area contributed by atoms with Crippen molar-refractivity contribution in [3.05, 3.63) is 35.4 Å². The predicted molar refractivity (Wildman–Crippen MR) is 105 cm³/mol. The van der Waals surface area contributed by atoms with Gasteiger partial charge in [0.15, 0.2) is 0 Å². The lowest BCUT2D eigenvalue weighted by molar-refractivity contribution is -0.142. The minimum absolute atomic E-state index is 0.177. The maximum atomic E-state index is 11.8. The van der Waals surface area contributed by atoms with Gasteiger partial charge in [-0.15, -0.1) is 0 Å². The fraction of sp³-hybridized carbons (Fsp3) is 0.524. The van der Waals surface area contributed by atoms with Crippen LogP contribution in [0.25, 0.3) is 0 Å². The van der Waals surface area contributed by atoms with E-state index in [0.29, 0.717) is 19.6 Å². The molecule has 0 aliphatic carbocycles. The Bertz CT molecular complexity index is 682. The third kappa shape index (κ3) is 11.2. The average Bonchev–Trinajstić information content (AvgIpc) is 2.58. The highest BCUT2D eigenvalue weighted by Crippen LogP contribution is 2.14. The second kappa shape index (κ2) is 12.0. The molecule has 7 nitrogen and oxygen atoms in total. The van der Waals surface area contributed by atoms with E-state index in [0.717, 1.165) is 11.1 Å². The van der Waals surface area contributed by atoms with Gasteiger partial charge in [0.2, 0.25) is 0 Å². The summed E-state index contributed by atoms with van der Waals surface area (Å²) in [4.78, 5) is 22.1. The minimum atomic E-state index is -0.979. The Hall–Kier alpha value is -2.56. The maximum Gasteiger partial charge on any atom is 0.408 e. The molecule has 0 unspecified atom stereocenters. The van der Waals surface area contributed by atoms with E-state index in [4.69, 9.17) is 19.3 Å². The Balaban J connectivity index is 2.32. The van der Waals surface area contributed by atoms with Crippen LogP contribution in [0.4, 0.5) is 4.79 Å². The molecule has 0 saturated heterocycles. The molecule has 0 radical (unpaired) electrons. The van der Waals surface area contributed by atoms with E-state index in [2.05, 4.69) is 17.2 Å². The number of carbonyl (C=O) groups excluding carboxylic acids is 1. The van der Waals surface area contributed by atoms with Crippen LogP contribution < -0.4 is 5.32 Å². The zero-order valence-electron chi connectivity index (χ0n) is 16.9. The summed E-state index contributed by atoms with van der Waals surface area (Å²) in [6.07, 6.45) is 0.168. The van der Waals surface area contributed by atoms with Crippen molar-refractivity contribution in [1.29, 1.82) is 0 Å². The predicted octanol–water partition coefficient (Wildman–Crippen LogP) is 3.13. The molecule has 1 atom stereocenters. The van der Waals surface area contributed by atoms with E-state index in [9.17, 15) is 9.59 Å². The summed E-state index contributed by atoms with van der Waals surface area (Å²) in [7, 11) is 0. The van der Waals surface area contributed by atoms with Crippen molar-refractivity contribution < 1.29 is 28.9 Å². The van der Waals surface area contributed by atoms with Gasteiger partial charge in [0.25, 0.3) is 0 Å². The van der Waals surface area contributed by atoms with Crippen LogP contribution >= 0.6 is 0 Å². The Morgan fingerprint density at radius 1 is 1.14 bits per heavy atom. The Morgan fingerprint density at radius 3 is 2.39 bits per heavy atom. The third-order valence-corrected chi connectivity index (χ3v) is 3.35. The summed E-state index contributed by atoms with van der Waals surface area (Å²) in [5, 5.41) is 11.2. The van der Waals surface area contributed by atoms with Gasteiger partial charge in [0.1, 0.15) is 18.8 Å². The lowest BCUT2D eigenvalue weighted by Crippen LogP contribution is -2.34. The molecule has 0 heterocycles. The van der Waals surface area contributed by atoms with Gasteiger partial charge in [-0.1, -0.05) is 24.0 Å². The number of carboxylic acids is 1. The number of benzene rings is 1. The lowest BCUT2D eigenvalue weighted by atomic mass is 10.1. The third-order valence-electron chi connectivity index (χ3n) is 3.35. The molecule has 2 N–H and O–H groups in total. The number of carboxylic acid groups (broad SMARTS) is 1. The number of amides is 1. The Kier molecular flexibility index (Phi) is 10.1. The maximum absolute atomic E-state index is 11.8. The monoisotopic (exact) mass is 391 g/mol. The smallest absolute Gasteiger partial charge is 0.408 e. The summed E-state index contributed by atoms with van der Waals surface area (Å²) >= 11 is 0. The minimum Gasteiger partial charge on any atom is -0.480 e. The second-order valence-corrected chi connectivity index (χ2v) is 7.14. The normalized spacial score (nSPS) is 11.9. The van der Waals surface area contributed by atoms with Crippen molar-refractivity contribution in [2.24, 2.45) is 0 Å². The van der Waals surface area contributed by atoms with Gasteiger partial charge in [-0.05, 0) is 51.8 Å². The van der Waals surface area contributed by atoms with Crippen LogP contribution in [-0.2, 0) is 19.0 Å². The molecule has 0 bridgehead atoms. The topological polar surface area (TPSA) is 94.1 Å². The molecule has 28 heavy (non-hydrogen) atoms. The molecule has 0 fully saturated rings. The quantitative estimate of drug-likeness (QED) is 0.496. The molecular weight excluding hydrogens is 362 g/mol. The van der Waals surface area contributed by atoms with Gasteiger partial charge in [-0.2, -0.15) is 0 Å². The van der Waals surface area contributed by atoms with Crippen LogP contribution in [0.15, 0.2) is 24.3 Å². The van der Waals surface area contributed by atoms with Crippen LogP contribution in [0.3, 0.4) is 0 Å². The molecule has 7 heteroatoms. The standard InChI is InChI=1S/C21H29NO6/c1-16(22-20(25)28-21(2,3)4)18-10-8-17(9-11-18)7-5-12-26-13-6-14-27-15-19(23)24/h8-11,16H,6,12-15H2,1-4H3,(H,22,25)(H,23,24)/t16-/m1/s1. The van der Waals surface area contributed by atoms with Crippen molar-refractivity contribution >= 4 is 12.1 Å². The summed E-state index contributed by atoms with van der Waals surface area (Å²) in [6.45, 7) is 8.15.